The fourth-order valence-electron chi connectivity index (χ4n) is 2.34. The van der Waals surface area contributed by atoms with E-state index in [1.54, 1.807) is 6.07 Å². The average Bonchev–Trinajstić information content (AvgIpc) is 2.61. The largest absolute Gasteiger partial charge is 0.417 e. The standard InChI is InChI=1S/C18H14F3N3OS/c1-2-26-14-9-11-5-3-4-6-13(11)23-16(14)17(25)24-15-8-7-12(10-22-15)18(19,20)21/h3-10H,2H2,1H3,(H,22,24,25). The summed E-state index contributed by atoms with van der Waals surface area (Å²) in [5.74, 6) is 0.267. The molecule has 0 bridgehead atoms. The molecule has 26 heavy (non-hydrogen) atoms. The second-order valence-corrected chi connectivity index (χ2v) is 6.65. The van der Waals surface area contributed by atoms with Crippen molar-refractivity contribution in [1.82, 2.24) is 9.97 Å². The monoisotopic (exact) mass is 377 g/mol. The van der Waals surface area contributed by atoms with Crippen molar-refractivity contribution >= 4 is 34.4 Å². The predicted octanol–water partition coefficient (Wildman–Crippen LogP) is 5.01. The van der Waals surface area contributed by atoms with Gasteiger partial charge in [0.2, 0.25) is 0 Å². The molecule has 0 aliphatic rings. The van der Waals surface area contributed by atoms with Crippen molar-refractivity contribution in [2.75, 3.05) is 11.1 Å². The van der Waals surface area contributed by atoms with Crippen LogP contribution in [0, 0.1) is 0 Å². The number of anilines is 1. The van der Waals surface area contributed by atoms with Crippen molar-refractivity contribution in [1.29, 1.82) is 0 Å². The minimum Gasteiger partial charge on any atom is -0.305 e. The van der Waals surface area contributed by atoms with Gasteiger partial charge >= 0.3 is 6.18 Å². The van der Waals surface area contributed by atoms with Crippen LogP contribution >= 0.6 is 11.8 Å². The minimum atomic E-state index is -4.47. The number of thioether (sulfide) groups is 1. The number of carbonyl (C=O) groups is 1. The summed E-state index contributed by atoms with van der Waals surface area (Å²) in [6.45, 7) is 1.96. The lowest BCUT2D eigenvalue weighted by molar-refractivity contribution is -0.137. The van der Waals surface area contributed by atoms with Crippen molar-refractivity contribution < 1.29 is 18.0 Å². The van der Waals surface area contributed by atoms with E-state index in [1.165, 1.54) is 11.8 Å². The highest BCUT2D eigenvalue weighted by atomic mass is 32.2. The molecule has 0 saturated heterocycles. The van der Waals surface area contributed by atoms with Crippen molar-refractivity contribution in [3.63, 3.8) is 0 Å². The molecule has 1 amide bonds. The van der Waals surface area contributed by atoms with Gasteiger partial charge in [0.05, 0.1) is 11.1 Å². The number of hydrogen-bond donors (Lipinski definition) is 1. The number of alkyl halides is 3. The number of benzene rings is 1. The number of fused-ring (bicyclic) bond motifs is 1. The summed E-state index contributed by atoms with van der Waals surface area (Å²) in [7, 11) is 0. The molecular weight excluding hydrogens is 363 g/mol. The van der Waals surface area contributed by atoms with Crippen LogP contribution in [-0.4, -0.2) is 21.6 Å². The van der Waals surface area contributed by atoms with Crippen LogP contribution in [0.3, 0.4) is 0 Å². The zero-order valence-electron chi connectivity index (χ0n) is 13.7. The van der Waals surface area contributed by atoms with Crippen LogP contribution in [0.2, 0.25) is 0 Å². The molecule has 2 heterocycles. The van der Waals surface area contributed by atoms with Crippen molar-refractivity contribution in [3.05, 3.63) is 59.9 Å². The Morgan fingerprint density at radius 2 is 1.96 bits per heavy atom. The maximum atomic E-state index is 12.6. The van der Waals surface area contributed by atoms with Crippen molar-refractivity contribution in [2.45, 2.75) is 18.0 Å². The highest BCUT2D eigenvalue weighted by molar-refractivity contribution is 7.99. The van der Waals surface area contributed by atoms with Gasteiger partial charge in [-0.1, -0.05) is 25.1 Å². The van der Waals surface area contributed by atoms with E-state index in [1.807, 2.05) is 31.2 Å². The summed E-state index contributed by atoms with van der Waals surface area (Å²) < 4.78 is 37.8. The van der Waals surface area contributed by atoms with Gasteiger partial charge in [0.15, 0.2) is 0 Å². The summed E-state index contributed by atoms with van der Waals surface area (Å²) in [6.07, 6.45) is -3.79. The molecule has 3 rings (SSSR count). The van der Waals surface area contributed by atoms with Crippen LogP contribution in [0.5, 0.6) is 0 Å². The van der Waals surface area contributed by atoms with Crippen LogP contribution in [0.1, 0.15) is 23.0 Å². The zero-order chi connectivity index (χ0) is 18.7. The number of nitrogens with zero attached hydrogens (tertiary/aromatic N) is 2. The molecule has 1 aromatic carbocycles. The smallest absolute Gasteiger partial charge is 0.305 e. The van der Waals surface area contributed by atoms with Crippen molar-refractivity contribution in [2.24, 2.45) is 0 Å². The van der Waals surface area contributed by atoms with Crippen LogP contribution in [0.25, 0.3) is 10.9 Å². The molecule has 1 N–H and O–H groups in total. The molecule has 0 aliphatic carbocycles. The molecule has 134 valence electrons. The van der Waals surface area contributed by atoms with Gasteiger partial charge in [0, 0.05) is 16.5 Å². The molecule has 8 heteroatoms. The molecule has 2 aromatic heterocycles. The quantitative estimate of drug-likeness (QED) is 0.649. The fourth-order valence-corrected chi connectivity index (χ4v) is 3.13. The van der Waals surface area contributed by atoms with Crippen LogP contribution in [-0.2, 0) is 6.18 Å². The van der Waals surface area contributed by atoms with Gasteiger partial charge in [-0.15, -0.1) is 11.8 Å². The Kier molecular flexibility index (Phi) is 5.13. The first-order valence-corrected chi connectivity index (χ1v) is 8.74. The predicted molar refractivity (Wildman–Crippen MR) is 95.3 cm³/mol. The van der Waals surface area contributed by atoms with E-state index >= 15 is 0 Å². The minimum absolute atomic E-state index is 0.0328. The average molecular weight is 377 g/mol. The summed E-state index contributed by atoms with van der Waals surface area (Å²) >= 11 is 1.47. The maximum Gasteiger partial charge on any atom is 0.417 e. The highest BCUT2D eigenvalue weighted by Crippen LogP contribution is 2.29. The molecule has 0 atom stereocenters. The lowest BCUT2D eigenvalue weighted by Gasteiger charge is -2.11. The number of halogens is 3. The van der Waals surface area contributed by atoms with Crippen molar-refractivity contribution in [3.8, 4) is 0 Å². The summed E-state index contributed by atoms with van der Waals surface area (Å²) in [6, 6.07) is 11.3. The van der Waals surface area contributed by atoms with E-state index < -0.39 is 17.6 Å². The first kappa shape index (κ1) is 18.2. The summed E-state index contributed by atoms with van der Waals surface area (Å²) in [5.41, 5.74) is 0.0114. The number of para-hydroxylation sites is 1. The van der Waals surface area contributed by atoms with E-state index in [4.69, 9.17) is 0 Å². The molecule has 0 saturated carbocycles. The van der Waals surface area contributed by atoms with E-state index in [0.29, 0.717) is 16.6 Å². The highest BCUT2D eigenvalue weighted by Gasteiger charge is 2.30. The SMILES string of the molecule is CCSc1cc2ccccc2nc1C(=O)Nc1ccc(C(F)(F)F)cn1. The van der Waals surface area contributed by atoms with Crippen LogP contribution in [0.4, 0.5) is 19.0 Å². The van der Waals surface area contributed by atoms with Gasteiger partial charge in [0.1, 0.15) is 11.5 Å². The number of hydrogen-bond acceptors (Lipinski definition) is 4. The second kappa shape index (κ2) is 7.33. The topological polar surface area (TPSA) is 54.9 Å². The lowest BCUT2D eigenvalue weighted by atomic mass is 10.2. The lowest BCUT2D eigenvalue weighted by Crippen LogP contribution is -2.16. The molecule has 0 fully saturated rings. The molecule has 0 aliphatic heterocycles. The third-order valence-corrected chi connectivity index (χ3v) is 4.45. The van der Waals surface area contributed by atoms with Gasteiger partial charge < -0.3 is 5.32 Å². The third-order valence-electron chi connectivity index (χ3n) is 3.54. The summed E-state index contributed by atoms with van der Waals surface area (Å²) in [5, 5.41) is 3.42. The molecule has 0 unspecified atom stereocenters. The van der Waals surface area contributed by atoms with E-state index in [0.717, 1.165) is 23.3 Å². The molecule has 4 nitrogen and oxygen atoms in total. The van der Waals surface area contributed by atoms with Gasteiger partial charge in [-0.05, 0) is 30.0 Å². The maximum absolute atomic E-state index is 12.6. The first-order chi connectivity index (χ1) is 12.4. The van der Waals surface area contributed by atoms with E-state index in [2.05, 4.69) is 15.3 Å². The normalized spacial score (nSPS) is 11.5. The zero-order valence-corrected chi connectivity index (χ0v) is 14.5. The van der Waals surface area contributed by atoms with Gasteiger partial charge in [-0.2, -0.15) is 13.2 Å². The Morgan fingerprint density at radius 1 is 1.19 bits per heavy atom. The number of rotatable bonds is 4. The summed E-state index contributed by atoms with van der Waals surface area (Å²) in [4.78, 5) is 21.4. The Bertz CT molecular complexity index is 943. The number of aromatic nitrogens is 2. The van der Waals surface area contributed by atoms with Crippen LogP contribution < -0.4 is 5.32 Å². The number of nitrogens with one attached hydrogen (secondary N) is 1. The second-order valence-electron chi connectivity index (χ2n) is 5.34. The number of carbonyl (C=O) groups excluding carboxylic acids is 1. The first-order valence-electron chi connectivity index (χ1n) is 7.75. The van der Waals surface area contributed by atoms with E-state index in [9.17, 15) is 18.0 Å². The third kappa shape index (κ3) is 3.96. The fraction of sp³-hybridized carbons (Fsp3) is 0.167. The van der Waals surface area contributed by atoms with Gasteiger partial charge in [-0.25, -0.2) is 9.97 Å². The molecular formula is C18H14F3N3OS. The Morgan fingerprint density at radius 3 is 2.62 bits per heavy atom. The molecule has 0 radical (unpaired) electrons. The van der Waals surface area contributed by atoms with E-state index in [-0.39, 0.29) is 11.5 Å². The number of amides is 1. The Hall–Kier alpha value is -2.61. The molecule has 0 spiro atoms. The Balaban J connectivity index is 1.90. The molecule has 3 aromatic rings. The van der Waals surface area contributed by atoms with Crippen LogP contribution in [0.15, 0.2) is 53.6 Å². The Labute approximate surface area is 151 Å². The number of pyridine rings is 2. The van der Waals surface area contributed by atoms with Gasteiger partial charge in [-0.3, -0.25) is 4.79 Å². The van der Waals surface area contributed by atoms with Gasteiger partial charge in [0.25, 0.3) is 5.91 Å².